The van der Waals surface area contributed by atoms with E-state index >= 15 is 0 Å². The summed E-state index contributed by atoms with van der Waals surface area (Å²) >= 11 is 1.54. The van der Waals surface area contributed by atoms with Gasteiger partial charge in [0.15, 0.2) is 0 Å². The summed E-state index contributed by atoms with van der Waals surface area (Å²) in [7, 11) is 0. The van der Waals surface area contributed by atoms with E-state index in [0.717, 1.165) is 10.7 Å². The smallest absolute Gasteiger partial charge is 0.112 e. The quantitative estimate of drug-likeness (QED) is 0.611. The molecule has 0 saturated carbocycles. The number of benzene rings is 1. The van der Waals surface area contributed by atoms with Crippen molar-refractivity contribution in [1.29, 1.82) is 0 Å². The number of aliphatic imine (C=N–C) groups is 1. The Hall–Kier alpha value is -1.22. The third-order valence-electron chi connectivity index (χ3n) is 1.52. The molecule has 1 aromatic carbocycles. The highest BCUT2D eigenvalue weighted by Gasteiger charge is 2.10. The van der Waals surface area contributed by atoms with E-state index in [1.165, 1.54) is 11.9 Å². The first-order chi connectivity index (χ1) is 5.86. The van der Waals surface area contributed by atoms with Gasteiger partial charge in [0, 0.05) is 11.9 Å². The Balaban J connectivity index is 2.23. The van der Waals surface area contributed by atoms with Crippen LogP contribution >= 0.6 is 11.9 Å². The van der Waals surface area contributed by atoms with Crippen LogP contribution in [0.4, 0.5) is 5.69 Å². The van der Waals surface area contributed by atoms with Crippen LogP contribution in [0.2, 0.25) is 0 Å². The SMILES string of the molecule is C=C1N=CN(c2ccccc2)S1. The van der Waals surface area contributed by atoms with Crippen LogP contribution < -0.4 is 4.31 Å². The molecule has 0 radical (unpaired) electrons. The minimum Gasteiger partial charge on any atom is -0.269 e. The standard InChI is InChI=1S/C9H8N2S/c1-8-10-7-11(12-8)9-5-3-2-4-6-9/h2-7H,1H2. The molecule has 3 heteroatoms. The Kier molecular flexibility index (Phi) is 1.87. The molecule has 0 fully saturated rings. The van der Waals surface area contributed by atoms with Crippen LogP contribution in [-0.4, -0.2) is 6.34 Å². The Morgan fingerprint density at radius 2 is 2.00 bits per heavy atom. The largest absolute Gasteiger partial charge is 0.269 e. The third-order valence-corrected chi connectivity index (χ3v) is 2.34. The van der Waals surface area contributed by atoms with Crippen molar-refractivity contribution in [1.82, 2.24) is 0 Å². The van der Waals surface area contributed by atoms with Crippen molar-refractivity contribution in [2.45, 2.75) is 0 Å². The van der Waals surface area contributed by atoms with Crippen molar-refractivity contribution in [3.05, 3.63) is 41.9 Å². The summed E-state index contributed by atoms with van der Waals surface area (Å²) in [6, 6.07) is 10.1. The minimum absolute atomic E-state index is 0.832. The molecule has 60 valence electrons. The molecule has 1 aliphatic heterocycles. The van der Waals surface area contributed by atoms with Crippen molar-refractivity contribution < 1.29 is 0 Å². The maximum absolute atomic E-state index is 4.06. The Morgan fingerprint density at radius 1 is 1.25 bits per heavy atom. The number of rotatable bonds is 1. The summed E-state index contributed by atoms with van der Waals surface area (Å²) in [6.07, 6.45) is 1.78. The van der Waals surface area contributed by atoms with Gasteiger partial charge in [0.05, 0.1) is 5.69 Å². The normalized spacial score (nSPS) is 15.7. The lowest BCUT2D eigenvalue weighted by atomic mass is 10.3. The van der Waals surface area contributed by atoms with Crippen molar-refractivity contribution in [3.8, 4) is 0 Å². The lowest BCUT2D eigenvalue weighted by molar-refractivity contribution is 1.54. The van der Waals surface area contributed by atoms with Crippen molar-refractivity contribution in [2.75, 3.05) is 4.31 Å². The van der Waals surface area contributed by atoms with Crippen LogP contribution in [0.25, 0.3) is 0 Å². The van der Waals surface area contributed by atoms with Gasteiger partial charge in [-0.25, -0.2) is 4.99 Å². The zero-order valence-corrected chi connectivity index (χ0v) is 7.29. The highest BCUT2D eigenvalue weighted by Crippen LogP contribution is 2.30. The maximum Gasteiger partial charge on any atom is 0.112 e. The van der Waals surface area contributed by atoms with Crippen LogP contribution in [0.1, 0.15) is 0 Å². The highest BCUT2D eigenvalue weighted by molar-refractivity contribution is 8.05. The second kappa shape index (κ2) is 3.03. The van der Waals surface area contributed by atoms with Crippen LogP contribution in [0, 0.1) is 0 Å². The molecule has 0 bridgehead atoms. The van der Waals surface area contributed by atoms with Gasteiger partial charge >= 0.3 is 0 Å². The van der Waals surface area contributed by atoms with Gasteiger partial charge < -0.3 is 0 Å². The first-order valence-corrected chi connectivity index (χ1v) is 4.39. The minimum atomic E-state index is 0.832. The van der Waals surface area contributed by atoms with Crippen molar-refractivity contribution >= 4 is 24.0 Å². The second-order valence-electron chi connectivity index (χ2n) is 2.39. The number of hydrogen-bond acceptors (Lipinski definition) is 3. The fourth-order valence-corrected chi connectivity index (χ4v) is 1.61. The molecule has 12 heavy (non-hydrogen) atoms. The van der Waals surface area contributed by atoms with Gasteiger partial charge in [-0.1, -0.05) is 24.8 Å². The van der Waals surface area contributed by atoms with E-state index < -0.39 is 0 Å². The van der Waals surface area contributed by atoms with E-state index in [1.54, 1.807) is 6.34 Å². The maximum atomic E-state index is 4.06. The van der Waals surface area contributed by atoms with Gasteiger partial charge in [-0.15, -0.1) is 0 Å². The van der Waals surface area contributed by atoms with E-state index in [9.17, 15) is 0 Å². The van der Waals surface area contributed by atoms with E-state index in [1.807, 2.05) is 34.6 Å². The van der Waals surface area contributed by atoms with Crippen LogP contribution in [0.15, 0.2) is 46.9 Å². The zero-order chi connectivity index (χ0) is 8.39. The molecular formula is C9H8N2S. The molecule has 0 saturated heterocycles. The molecule has 0 atom stereocenters. The lowest BCUT2D eigenvalue weighted by Gasteiger charge is -2.10. The summed E-state index contributed by atoms with van der Waals surface area (Å²) in [5.41, 5.74) is 1.13. The van der Waals surface area contributed by atoms with E-state index in [2.05, 4.69) is 11.6 Å². The molecule has 0 spiro atoms. The van der Waals surface area contributed by atoms with Gasteiger partial charge in [-0.2, -0.15) is 0 Å². The molecule has 2 rings (SSSR count). The van der Waals surface area contributed by atoms with E-state index in [4.69, 9.17) is 0 Å². The fourth-order valence-electron chi connectivity index (χ4n) is 0.972. The van der Waals surface area contributed by atoms with Gasteiger partial charge in [0.2, 0.25) is 0 Å². The molecular weight excluding hydrogens is 168 g/mol. The summed E-state index contributed by atoms with van der Waals surface area (Å²) < 4.78 is 1.99. The van der Waals surface area contributed by atoms with Gasteiger partial charge in [-0.05, 0) is 12.1 Å². The zero-order valence-electron chi connectivity index (χ0n) is 6.47. The van der Waals surface area contributed by atoms with Gasteiger partial charge in [-0.3, -0.25) is 4.31 Å². The van der Waals surface area contributed by atoms with Gasteiger partial charge in [0.25, 0.3) is 0 Å². The number of anilines is 1. The van der Waals surface area contributed by atoms with Crippen molar-refractivity contribution in [2.24, 2.45) is 4.99 Å². The summed E-state index contributed by atoms with van der Waals surface area (Å²) in [5, 5.41) is 0.832. The van der Waals surface area contributed by atoms with Crippen molar-refractivity contribution in [3.63, 3.8) is 0 Å². The predicted molar refractivity (Wildman–Crippen MR) is 54.1 cm³/mol. The molecule has 0 aromatic heterocycles. The highest BCUT2D eigenvalue weighted by atomic mass is 32.2. The molecule has 0 N–H and O–H groups in total. The molecule has 0 aliphatic carbocycles. The van der Waals surface area contributed by atoms with Crippen LogP contribution in [0.5, 0.6) is 0 Å². The van der Waals surface area contributed by atoms with Crippen LogP contribution in [-0.2, 0) is 0 Å². The number of para-hydroxylation sites is 1. The monoisotopic (exact) mass is 176 g/mol. The average Bonchev–Trinajstić information content (AvgIpc) is 2.54. The molecule has 0 amide bonds. The van der Waals surface area contributed by atoms with E-state index in [-0.39, 0.29) is 0 Å². The summed E-state index contributed by atoms with van der Waals surface area (Å²) in [4.78, 5) is 4.06. The van der Waals surface area contributed by atoms with Crippen LogP contribution in [0.3, 0.4) is 0 Å². The Bertz CT molecular complexity index is 319. The Morgan fingerprint density at radius 3 is 2.58 bits per heavy atom. The summed E-state index contributed by atoms with van der Waals surface area (Å²) in [6.45, 7) is 3.75. The molecule has 1 aromatic rings. The third kappa shape index (κ3) is 1.36. The topological polar surface area (TPSA) is 15.6 Å². The molecule has 1 aliphatic rings. The fraction of sp³-hybridized carbons (Fsp3) is 0. The average molecular weight is 176 g/mol. The predicted octanol–water partition coefficient (Wildman–Crippen LogP) is 2.65. The first kappa shape index (κ1) is 7.43. The lowest BCUT2D eigenvalue weighted by Crippen LogP contribution is -2.05. The number of hydrogen-bond donors (Lipinski definition) is 0. The summed E-state index contributed by atoms with van der Waals surface area (Å²) in [5.74, 6) is 0. The first-order valence-electron chi connectivity index (χ1n) is 3.61. The molecule has 0 unspecified atom stereocenters. The second-order valence-corrected chi connectivity index (χ2v) is 3.44. The number of nitrogens with zero attached hydrogens (tertiary/aromatic N) is 2. The Labute approximate surface area is 75.7 Å². The van der Waals surface area contributed by atoms with E-state index in [0.29, 0.717) is 0 Å². The molecule has 2 nitrogen and oxygen atoms in total. The van der Waals surface area contributed by atoms with Gasteiger partial charge in [0.1, 0.15) is 11.4 Å². The molecule has 1 heterocycles.